The quantitative estimate of drug-likeness (QED) is 0.582. The highest BCUT2D eigenvalue weighted by Crippen LogP contribution is 2.30. The monoisotopic (exact) mass is 204 g/mol. The highest BCUT2D eigenvalue weighted by molar-refractivity contribution is 5.95. The molecular weight excluding hydrogens is 188 g/mol. The third-order valence-corrected chi connectivity index (χ3v) is 2.66. The molecule has 1 aliphatic rings. The fourth-order valence-corrected chi connectivity index (χ4v) is 1.47. The molecule has 0 radical (unpaired) electrons. The van der Waals surface area contributed by atoms with Crippen molar-refractivity contribution in [2.45, 2.75) is 19.8 Å². The molecule has 15 heavy (non-hydrogen) atoms. The Kier molecular flexibility index (Phi) is 2.62. The molecule has 0 saturated heterocycles. The first-order chi connectivity index (χ1) is 7.16. The Morgan fingerprint density at radius 1 is 1.53 bits per heavy atom. The molecule has 0 spiro atoms. The Hall–Kier alpha value is -1.51. The van der Waals surface area contributed by atoms with E-state index < -0.39 is 0 Å². The Bertz CT molecular complexity index is 383. The van der Waals surface area contributed by atoms with Crippen LogP contribution in [0, 0.1) is 18.3 Å². The third-order valence-electron chi connectivity index (χ3n) is 2.66. The van der Waals surface area contributed by atoms with Gasteiger partial charge < -0.3 is 10.5 Å². The van der Waals surface area contributed by atoms with Gasteiger partial charge in [0.15, 0.2) is 0 Å². The second-order valence-electron chi connectivity index (χ2n) is 4.15. The lowest BCUT2D eigenvalue weighted by atomic mass is 10.1. The second kappa shape index (κ2) is 3.93. The van der Waals surface area contributed by atoms with E-state index in [1.54, 1.807) is 0 Å². The molecule has 0 atom stereocenters. The van der Waals surface area contributed by atoms with Crippen LogP contribution in [-0.2, 0) is 0 Å². The molecule has 0 heterocycles. The number of benzene rings is 1. The Morgan fingerprint density at radius 3 is 2.80 bits per heavy atom. The number of nitrogen functional groups attached to an aromatic ring is 1. The first-order valence-electron chi connectivity index (χ1n) is 5.24. The summed E-state index contributed by atoms with van der Waals surface area (Å²) in [5, 5.41) is 7.32. The summed E-state index contributed by atoms with van der Waals surface area (Å²) in [5.41, 5.74) is 7.21. The van der Waals surface area contributed by atoms with E-state index in [0.717, 1.165) is 29.4 Å². The molecule has 1 fully saturated rings. The minimum Gasteiger partial charge on any atom is -0.493 e. The fourth-order valence-electron chi connectivity index (χ4n) is 1.47. The van der Waals surface area contributed by atoms with Crippen LogP contribution in [-0.4, -0.2) is 12.4 Å². The molecule has 1 aliphatic carbocycles. The zero-order valence-electron chi connectivity index (χ0n) is 8.92. The Morgan fingerprint density at radius 2 is 2.27 bits per heavy atom. The van der Waals surface area contributed by atoms with Crippen LogP contribution in [0.4, 0.5) is 0 Å². The number of nitrogens with two attached hydrogens (primary N) is 1. The van der Waals surface area contributed by atoms with Crippen LogP contribution in [0.1, 0.15) is 24.0 Å². The molecule has 3 N–H and O–H groups in total. The first kappa shape index (κ1) is 10.0. The van der Waals surface area contributed by atoms with Crippen molar-refractivity contribution >= 4 is 5.84 Å². The van der Waals surface area contributed by atoms with Crippen molar-refractivity contribution in [3.8, 4) is 5.75 Å². The molecule has 1 saturated carbocycles. The van der Waals surface area contributed by atoms with Gasteiger partial charge in [-0.25, -0.2) is 0 Å². The van der Waals surface area contributed by atoms with E-state index in [4.69, 9.17) is 15.9 Å². The van der Waals surface area contributed by atoms with Gasteiger partial charge in [0.25, 0.3) is 0 Å². The van der Waals surface area contributed by atoms with E-state index in [-0.39, 0.29) is 5.84 Å². The molecule has 80 valence electrons. The number of rotatable bonds is 4. The summed E-state index contributed by atoms with van der Waals surface area (Å²) in [4.78, 5) is 0. The van der Waals surface area contributed by atoms with Crippen LogP contribution in [0.15, 0.2) is 18.2 Å². The predicted molar refractivity (Wildman–Crippen MR) is 60.4 cm³/mol. The van der Waals surface area contributed by atoms with Crippen LogP contribution >= 0.6 is 0 Å². The van der Waals surface area contributed by atoms with Gasteiger partial charge in [-0.3, -0.25) is 5.41 Å². The molecule has 0 aliphatic heterocycles. The third kappa shape index (κ3) is 2.49. The van der Waals surface area contributed by atoms with E-state index >= 15 is 0 Å². The summed E-state index contributed by atoms with van der Waals surface area (Å²) in [5.74, 6) is 1.77. The maximum atomic E-state index is 7.32. The normalized spacial score (nSPS) is 15.0. The smallest absolute Gasteiger partial charge is 0.122 e. The molecule has 0 amide bonds. The van der Waals surface area contributed by atoms with Crippen molar-refractivity contribution in [1.29, 1.82) is 5.41 Å². The standard InChI is InChI=1S/C12H16N2O/c1-8-6-10(12(13)14)4-5-11(8)15-7-9-2-3-9/h4-6,9H,2-3,7H2,1H3,(H3,13,14). The SMILES string of the molecule is Cc1cc(C(=N)N)ccc1OCC1CC1. The van der Waals surface area contributed by atoms with Gasteiger partial charge in [0, 0.05) is 5.56 Å². The topological polar surface area (TPSA) is 59.1 Å². The van der Waals surface area contributed by atoms with Gasteiger partial charge in [0.2, 0.25) is 0 Å². The minimum atomic E-state index is 0.104. The van der Waals surface area contributed by atoms with Crippen molar-refractivity contribution in [2.24, 2.45) is 11.7 Å². The number of amidine groups is 1. The van der Waals surface area contributed by atoms with Crippen molar-refractivity contribution < 1.29 is 4.74 Å². The van der Waals surface area contributed by atoms with Gasteiger partial charge in [0.1, 0.15) is 11.6 Å². The van der Waals surface area contributed by atoms with Crippen LogP contribution in [0.2, 0.25) is 0 Å². The van der Waals surface area contributed by atoms with Gasteiger partial charge in [-0.1, -0.05) is 0 Å². The summed E-state index contributed by atoms with van der Waals surface area (Å²) in [7, 11) is 0. The molecule has 0 bridgehead atoms. The largest absolute Gasteiger partial charge is 0.493 e. The van der Waals surface area contributed by atoms with Crippen LogP contribution < -0.4 is 10.5 Å². The lowest BCUT2D eigenvalue weighted by molar-refractivity contribution is 0.298. The number of aryl methyl sites for hydroxylation is 1. The summed E-state index contributed by atoms with van der Waals surface area (Å²) in [6.07, 6.45) is 2.59. The number of hydrogen-bond acceptors (Lipinski definition) is 2. The van der Waals surface area contributed by atoms with Gasteiger partial charge in [-0.15, -0.1) is 0 Å². The molecule has 0 aromatic heterocycles. The highest BCUT2D eigenvalue weighted by Gasteiger charge is 2.22. The lowest BCUT2D eigenvalue weighted by Gasteiger charge is -2.09. The molecular formula is C12H16N2O. The van der Waals surface area contributed by atoms with Gasteiger partial charge >= 0.3 is 0 Å². The lowest BCUT2D eigenvalue weighted by Crippen LogP contribution is -2.11. The van der Waals surface area contributed by atoms with E-state index in [2.05, 4.69) is 0 Å². The zero-order chi connectivity index (χ0) is 10.8. The van der Waals surface area contributed by atoms with E-state index in [0.29, 0.717) is 0 Å². The fraction of sp³-hybridized carbons (Fsp3) is 0.417. The molecule has 3 heteroatoms. The van der Waals surface area contributed by atoms with Gasteiger partial charge in [-0.05, 0) is 49.4 Å². The van der Waals surface area contributed by atoms with Crippen LogP contribution in [0.25, 0.3) is 0 Å². The zero-order valence-corrected chi connectivity index (χ0v) is 8.92. The average Bonchev–Trinajstić information content (AvgIpc) is 2.99. The van der Waals surface area contributed by atoms with Crippen molar-refractivity contribution in [3.63, 3.8) is 0 Å². The van der Waals surface area contributed by atoms with Crippen molar-refractivity contribution in [3.05, 3.63) is 29.3 Å². The van der Waals surface area contributed by atoms with Crippen molar-refractivity contribution in [2.75, 3.05) is 6.61 Å². The molecule has 2 rings (SSSR count). The summed E-state index contributed by atoms with van der Waals surface area (Å²) < 4.78 is 5.68. The number of ether oxygens (including phenoxy) is 1. The Labute approximate surface area is 89.8 Å². The molecule has 3 nitrogen and oxygen atoms in total. The Balaban J connectivity index is 2.07. The van der Waals surface area contributed by atoms with Gasteiger partial charge in [-0.2, -0.15) is 0 Å². The second-order valence-corrected chi connectivity index (χ2v) is 4.15. The van der Waals surface area contributed by atoms with Crippen LogP contribution in [0.5, 0.6) is 5.75 Å². The van der Waals surface area contributed by atoms with Crippen LogP contribution in [0.3, 0.4) is 0 Å². The summed E-state index contributed by atoms with van der Waals surface area (Å²) in [6.45, 7) is 2.80. The predicted octanol–water partition coefficient (Wildman–Crippen LogP) is 2.07. The first-order valence-corrected chi connectivity index (χ1v) is 5.24. The highest BCUT2D eigenvalue weighted by atomic mass is 16.5. The number of hydrogen-bond donors (Lipinski definition) is 2. The van der Waals surface area contributed by atoms with Crippen molar-refractivity contribution in [1.82, 2.24) is 0 Å². The summed E-state index contributed by atoms with van der Waals surface area (Å²) >= 11 is 0. The average molecular weight is 204 g/mol. The summed E-state index contributed by atoms with van der Waals surface area (Å²) in [6, 6.07) is 5.62. The molecule has 0 unspecified atom stereocenters. The number of nitrogens with one attached hydrogen (secondary N) is 1. The molecule has 1 aromatic rings. The van der Waals surface area contributed by atoms with Gasteiger partial charge in [0.05, 0.1) is 6.61 Å². The van der Waals surface area contributed by atoms with E-state index in [9.17, 15) is 0 Å². The minimum absolute atomic E-state index is 0.104. The molecule has 1 aromatic carbocycles. The van der Waals surface area contributed by atoms with E-state index in [1.165, 1.54) is 12.8 Å². The maximum Gasteiger partial charge on any atom is 0.122 e. The van der Waals surface area contributed by atoms with E-state index in [1.807, 2.05) is 25.1 Å². The maximum absolute atomic E-state index is 7.32.